The molecular formula is C27H25Cl2N3O6S2. The van der Waals surface area contributed by atoms with Crippen LogP contribution in [0.4, 0.5) is 5.69 Å². The Morgan fingerprint density at radius 3 is 2.35 bits per heavy atom. The molecule has 3 N–H and O–H groups in total. The molecule has 2 bridgehead atoms. The summed E-state index contributed by atoms with van der Waals surface area (Å²) in [5.41, 5.74) is 1.17. The molecular weight excluding hydrogens is 597 g/mol. The summed E-state index contributed by atoms with van der Waals surface area (Å²) in [7, 11) is -3.88. The van der Waals surface area contributed by atoms with Crippen LogP contribution in [0.15, 0.2) is 64.2 Å². The molecule has 1 aliphatic carbocycles. The monoisotopic (exact) mass is 621 g/mol. The van der Waals surface area contributed by atoms with E-state index in [1.54, 1.807) is 53.9 Å². The van der Waals surface area contributed by atoms with Crippen LogP contribution in [-0.2, 0) is 26.0 Å². The third-order valence-electron chi connectivity index (χ3n) is 7.28. The number of halogens is 2. The molecule has 9 nitrogen and oxygen atoms in total. The minimum atomic E-state index is -3.88. The van der Waals surface area contributed by atoms with E-state index in [4.69, 9.17) is 23.2 Å². The number of fused-ring (bicyclic) bond motifs is 2. The number of anilines is 1. The molecule has 13 heteroatoms. The number of carbonyl (C=O) groups is 3. The molecule has 1 saturated heterocycles. The second-order valence-electron chi connectivity index (χ2n) is 9.79. The van der Waals surface area contributed by atoms with Gasteiger partial charge in [0.1, 0.15) is 16.3 Å². The zero-order valence-corrected chi connectivity index (χ0v) is 24.1. The number of hydrogen-bond acceptors (Lipinski definition) is 6. The van der Waals surface area contributed by atoms with Crippen LogP contribution in [0.2, 0.25) is 10.0 Å². The number of amides is 2. The van der Waals surface area contributed by atoms with E-state index in [0.717, 1.165) is 11.3 Å². The van der Waals surface area contributed by atoms with Gasteiger partial charge < -0.3 is 15.7 Å². The number of hydrogen-bond donors (Lipinski definition) is 3. The van der Waals surface area contributed by atoms with Crippen molar-refractivity contribution in [3.63, 3.8) is 0 Å². The Hall–Kier alpha value is -2.96. The van der Waals surface area contributed by atoms with Gasteiger partial charge in [0.2, 0.25) is 5.91 Å². The molecule has 2 aliphatic rings. The van der Waals surface area contributed by atoms with Gasteiger partial charge in [0, 0.05) is 18.2 Å². The fourth-order valence-electron chi connectivity index (χ4n) is 5.46. The Balaban J connectivity index is 1.27. The van der Waals surface area contributed by atoms with Crippen molar-refractivity contribution >= 4 is 68.0 Å². The summed E-state index contributed by atoms with van der Waals surface area (Å²) in [6.07, 6.45) is 1.92. The Morgan fingerprint density at radius 2 is 1.73 bits per heavy atom. The number of thiophene rings is 1. The molecule has 2 amide bonds. The second kappa shape index (κ2) is 11.5. The van der Waals surface area contributed by atoms with E-state index in [1.165, 1.54) is 10.4 Å². The zero-order chi connectivity index (χ0) is 28.6. The molecule has 4 unspecified atom stereocenters. The molecule has 4 atom stereocenters. The van der Waals surface area contributed by atoms with Gasteiger partial charge in [-0.05, 0) is 66.5 Å². The number of carboxylic acid groups (broad SMARTS) is 1. The number of rotatable bonds is 9. The maximum atomic E-state index is 13.4. The summed E-state index contributed by atoms with van der Waals surface area (Å²) in [5.74, 6) is -2.51. The number of carbonyl (C=O) groups excluding carboxylic acids is 2. The maximum Gasteiger partial charge on any atom is 0.326 e. The third kappa shape index (κ3) is 5.61. The van der Waals surface area contributed by atoms with E-state index in [1.807, 2.05) is 0 Å². The smallest absolute Gasteiger partial charge is 0.326 e. The lowest BCUT2D eigenvalue weighted by molar-refractivity contribution is -0.142. The molecule has 5 rings (SSSR count). The first-order valence-electron chi connectivity index (χ1n) is 12.5. The van der Waals surface area contributed by atoms with E-state index in [2.05, 4.69) is 10.6 Å². The summed E-state index contributed by atoms with van der Waals surface area (Å²) in [6, 6.07) is 11.9. The molecule has 3 aromatic rings. The number of aliphatic carboxylic acids is 1. The van der Waals surface area contributed by atoms with Crippen molar-refractivity contribution in [1.82, 2.24) is 9.62 Å². The van der Waals surface area contributed by atoms with Crippen LogP contribution in [0, 0.1) is 5.92 Å². The Kier molecular flexibility index (Phi) is 8.21. The third-order valence-corrected chi connectivity index (χ3v) is 11.2. The Morgan fingerprint density at radius 1 is 1.02 bits per heavy atom. The second-order valence-corrected chi connectivity index (χ2v) is 13.6. The van der Waals surface area contributed by atoms with Crippen LogP contribution in [-0.4, -0.2) is 53.7 Å². The molecule has 0 radical (unpaired) electrons. The normalized spacial score (nSPS) is 21.2. The minimum Gasteiger partial charge on any atom is -0.480 e. The van der Waals surface area contributed by atoms with Gasteiger partial charge in [0.05, 0.1) is 15.6 Å². The van der Waals surface area contributed by atoms with Crippen molar-refractivity contribution < 1.29 is 27.9 Å². The number of carboxylic acids is 1. The summed E-state index contributed by atoms with van der Waals surface area (Å²) in [6.45, 7) is 0. The predicted molar refractivity (Wildman–Crippen MR) is 152 cm³/mol. The Labute approximate surface area is 245 Å². The molecule has 2 heterocycles. The molecule has 40 heavy (non-hydrogen) atoms. The van der Waals surface area contributed by atoms with Gasteiger partial charge >= 0.3 is 5.97 Å². The summed E-state index contributed by atoms with van der Waals surface area (Å²) < 4.78 is 28.1. The van der Waals surface area contributed by atoms with Crippen LogP contribution >= 0.6 is 34.5 Å². The van der Waals surface area contributed by atoms with Crippen molar-refractivity contribution in [3.8, 4) is 0 Å². The first-order chi connectivity index (χ1) is 19.1. The average molecular weight is 623 g/mol. The van der Waals surface area contributed by atoms with Gasteiger partial charge in [-0.25, -0.2) is 13.2 Å². The molecule has 1 saturated carbocycles. The fourth-order valence-corrected chi connectivity index (χ4v) is 9.00. The summed E-state index contributed by atoms with van der Waals surface area (Å²) in [5, 5.41) is 17.2. The lowest BCUT2D eigenvalue weighted by Crippen LogP contribution is -2.55. The van der Waals surface area contributed by atoms with Crippen molar-refractivity contribution in [3.05, 3.63) is 81.1 Å². The first kappa shape index (κ1) is 28.6. The highest BCUT2D eigenvalue weighted by Gasteiger charge is 2.55. The van der Waals surface area contributed by atoms with E-state index in [0.29, 0.717) is 30.5 Å². The zero-order valence-electron chi connectivity index (χ0n) is 20.9. The van der Waals surface area contributed by atoms with Crippen molar-refractivity contribution in [2.75, 3.05) is 5.32 Å². The quantitative estimate of drug-likeness (QED) is 0.318. The lowest BCUT2D eigenvalue weighted by atomic mass is 9.98. The van der Waals surface area contributed by atoms with Gasteiger partial charge in [0.15, 0.2) is 0 Å². The van der Waals surface area contributed by atoms with Crippen molar-refractivity contribution in [1.29, 1.82) is 0 Å². The van der Waals surface area contributed by atoms with Gasteiger partial charge in [0.25, 0.3) is 15.9 Å². The highest BCUT2D eigenvalue weighted by atomic mass is 35.5. The van der Waals surface area contributed by atoms with E-state index < -0.39 is 39.9 Å². The first-order valence-corrected chi connectivity index (χ1v) is 15.6. The summed E-state index contributed by atoms with van der Waals surface area (Å²) >= 11 is 13.3. The number of nitrogens with one attached hydrogen (secondary N) is 2. The molecule has 2 aromatic carbocycles. The maximum absolute atomic E-state index is 13.4. The average Bonchev–Trinajstić information content (AvgIpc) is 3.67. The van der Waals surface area contributed by atoms with Gasteiger partial charge in [-0.2, -0.15) is 4.31 Å². The number of nitrogens with zero attached hydrogens (tertiary/aromatic N) is 1. The van der Waals surface area contributed by atoms with Gasteiger partial charge in [-0.15, -0.1) is 11.3 Å². The van der Waals surface area contributed by atoms with Crippen LogP contribution in [0.1, 0.15) is 35.2 Å². The number of sulfonamides is 1. The van der Waals surface area contributed by atoms with Crippen LogP contribution in [0.25, 0.3) is 0 Å². The minimum absolute atomic E-state index is 0.0376. The fraction of sp³-hybridized carbons (Fsp3) is 0.296. The van der Waals surface area contributed by atoms with Gasteiger partial charge in [-0.3, -0.25) is 9.59 Å². The SMILES string of the molecule is O=C(Nc1ccc(CC(NC(=O)C2C3CCC(C3)N2S(=O)(=O)c2cccs2)C(=O)O)cc1)c1c(Cl)cccc1Cl. The van der Waals surface area contributed by atoms with Crippen LogP contribution in [0.5, 0.6) is 0 Å². The molecule has 1 aliphatic heterocycles. The predicted octanol–water partition coefficient (Wildman–Crippen LogP) is 4.66. The molecule has 1 aromatic heterocycles. The van der Waals surface area contributed by atoms with Crippen LogP contribution in [0.3, 0.4) is 0 Å². The molecule has 2 fully saturated rings. The molecule has 0 spiro atoms. The number of piperidine rings is 1. The standard InChI is InChI=1S/C27H25Cl2N3O6S2/c28-19-3-1-4-20(29)23(19)25(33)30-17-9-6-15(7-10-17)13-21(27(35)36)31-26(34)24-16-8-11-18(14-16)32(24)40(37,38)22-5-2-12-39-22/h1-7,9-10,12,16,18,21,24H,8,11,13-14H2,(H,30,33)(H,31,34)(H,35,36). The topological polar surface area (TPSA) is 133 Å². The summed E-state index contributed by atoms with van der Waals surface area (Å²) in [4.78, 5) is 38.1. The largest absolute Gasteiger partial charge is 0.480 e. The van der Waals surface area contributed by atoms with Gasteiger partial charge in [-0.1, -0.05) is 47.5 Å². The highest BCUT2D eigenvalue weighted by Crippen LogP contribution is 2.45. The highest BCUT2D eigenvalue weighted by molar-refractivity contribution is 7.91. The number of benzene rings is 2. The molecule has 210 valence electrons. The van der Waals surface area contributed by atoms with Crippen molar-refractivity contribution in [2.45, 2.75) is 48.0 Å². The van der Waals surface area contributed by atoms with E-state index in [-0.39, 0.29) is 38.2 Å². The van der Waals surface area contributed by atoms with Crippen LogP contribution < -0.4 is 10.6 Å². The lowest BCUT2D eigenvalue weighted by Gasteiger charge is -2.33. The Bertz CT molecular complexity index is 1530. The van der Waals surface area contributed by atoms with E-state index in [9.17, 15) is 27.9 Å². The van der Waals surface area contributed by atoms with Crippen molar-refractivity contribution in [2.24, 2.45) is 5.92 Å². The van der Waals surface area contributed by atoms with E-state index >= 15 is 0 Å².